The van der Waals surface area contributed by atoms with Crippen molar-refractivity contribution in [2.24, 2.45) is 11.8 Å². The maximum atomic E-state index is 3.74. The van der Waals surface area contributed by atoms with Crippen LogP contribution in [0.5, 0.6) is 0 Å². The Morgan fingerprint density at radius 1 is 1.17 bits per heavy atom. The molecule has 0 amide bonds. The van der Waals surface area contributed by atoms with E-state index in [9.17, 15) is 0 Å². The van der Waals surface area contributed by atoms with Crippen molar-refractivity contribution in [1.29, 1.82) is 0 Å². The van der Waals surface area contributed by atoms with Crippen molar-refractivity contribution < 1.29 is 0 Å². The Morgan fingerprint density at radius 2 is 1.83 bits per heavy atom. The lowest BCUT2D eigenvalue weighted by Crippen LogP contribution is -2.54. The summed E-state index contributed by atoms with van der Waals surface area (Å²) in [5.41, 5.74) is 0. The highest BCUT2D eigenvalue weighted by molar-refractivity contribution is 4.89. The first-order valence-electron chi connectivity index (χ1n) is 8.22. The predicted molar refractivity (Wildman–Crippen MR) is 78.9 cm³/mol. The summed E-state index contributed by atoms with van der Waals surface area (Å²) in [6, 6.07) is 1.40. The van der Waals surface area contributed by atoms with Crippen LogP contribution in [0.4, 0.5) is 0 Å². The molecule has 1 aliphatic heterocycles. The molecule has 0 aromatic rings. The van der Waals surface area contributed by atoms with Crippen LogP contribution in [0.25, 0.3) is 0 Å². The predicted octanol–water partition coefficient (Wildman–Crippen LogP) is 3.28. The van der Waals surface area contributed by atoms with E-state index in [1.807, 2.05) is 0 Å². The van der Waals surface area contributed by atoms with Gasteiger partial charge in [0.25, 0.3) is 0 Å². The van der Waals surface area contributed by atoms with Gasteiger partial charge in [0.05, 0.1) is 0 Å². The summed E-state index contributed by atoms with van der Waals surface area (Å²) in [6.07, 6.45) is 8.48. The zero-order valence-electron chi connectivity index (χ0n) is 12.6. The topological polar surface area (TPSA) is 15.3 Å². The Morgan fingerprint density at radius 3 is 2.39 bits per heavy atom. The van der Waals surface area contributed by atoms with Crippen LogP contribution in [0.3, 0.4) is 0 Å². The first kappa shape index (κ1) is 14.3. The molecule has 0 aromatic heterocycles. The first-order chi connectivity index (χ1) is 8.74. The zero-order chi connectivity index (χ0) is 13.0. The van der Waals surface area contributed by atoms with Gasteiger partial charge in [-0.2, -0.15) is 0 Å². The molecule has 18 heavy (non-hydrogen) atoms. The Kier molecular flexibility index (Phi) is 5.50. The van der Waals surface area contributed by atoms with Gasteiger partial charge in [0.1, 0.15) is 0 Å². The van der Waals surface area contributed by atoms with Gasteiger partial charge in [0, 0.05) is 25.2 Å². The van der Waals surface area contributed by atoms with Gasteiger partial charge in [-0.15, -0.1) is 0 Å². The fourth-order valence-corrected chi connectivity index (χ4v) is 4.04. The maximum Gasteiger partial charge on any atom is 0.0221 e. The van der Waals surface area contributed by atoms with Gasteiger partial charge in [0.2, 0.25) is 0 Å². The van der Waals surface area contributed by atoms with Gasteiger partial charge in [-0.05, 0) is 57.4 Å². The van der Waals surface area contributed by atoms with Crippen molar-refractivity contribution in [2.45, 2.75) is 71.4 Å². The van der Waals surface area contributed by atoms with E-state index in [-0.39, 0.29) is 0 Å². The largest absolute Gasteiger partial charge is 0.312 e. The summed E-state index contributed by atoms with van der Waals surface area (Å²) in [5, 5.41) is 3.74. The van der Waals surface area contributed by atoms with Gasteiger partial charge in [0.15, 0.2) is 0 Å². The lowest BCUT2D eigenvalue weighted by molar-refractivity contribution is 0.0448. The molecule has 2 nitrogen and oxygen atoms in total. The SMILES string of the molecule is CCCNC(CC)C(C)N1CC2CCCC(C2)C1. The van der Waals surface area contributed by atoms with Crippen molar-refractivity contribution in [3.63, 3.8) is 0 Å². The van der Waals surface area contributed by atoms with Crippen molar-refractivity contribution >= 4 is 0 Å². The number of likely N-dealkylation sites (tertiary alicyclic amines) is 1. The van der Waals surface area contributed by atoms with Crippen molar-refractivity contribution in [2.75, 3.05) is 19.6 Å². The van der Waals surface area contributed by atoms with E-state index >= 15 is 0 Å². The Hall–Kier alpha value is -0.0800. The molecule has 106 valence electrons. The molecule has 0 radical (unpaired) electrons. The highest BCUT2D eigenvalue weighted by Crippen LogP contribution is 2.35. The lowest BCUT2D eigenvalue weighted by Gasteiger charge is -2.46. The Labute approximate surface area is 114 Å². The third-order valence-electron chi connectivity index (χ3n) is 5.13. The molecule has 1 heterocycles. The van der Waals surface area contributed by atoms with E-state index < -0.39 is 0 Å². The first-order valence-corrected chi connectivity index (χ1v) is 8.22. The summed E-state index contributed by atoms with van der Waals surface area (Å²) < 4.78 is 0. The van der Waals surface area contributed by atoms with Crippen LogP contribution in [-0.4, -0.2) is 36.6 Å². The number of fused-ring (bicyclic) bond motifs is 2. The molecule has 1 aliphatic carbocycles. The molecule has 0 aromatic carbocycles. The van der Waals surface area contributed by atoms with Gasteiger partial charge >= 0.3 is 0 Å². The molecular formula is C16H32N2. The van der Waals surface area contributed by atoms with Crippen LogP contribution in [-0.2, 0) is 0 Å². The molecule has 2 fully saturated rings. The monoisotopic (exact) mass is 252 g/mol. The van der Waals surface area contributed by atoms with E-state index in [4.69, 9.17) is 0 Å². The second kappa shape index (κ2) is 6.91. The molecular weight excluding hydrogens is 220 g/mol. The van der Waals surface area contributed by atoms with E-state index in [0.29, 0.717) is 12.1 Å². The van der Waals surface area contributed by atoms with Gasteiger partial charge < -0.3 is 5.32 Å². The summed E-state index contributed by atoms with van der Waals surface area (Å²) in [7, 11) is 0. The highest BCUT2D eigenvalue weighted by Gasteiger charge is 2.34. The summed E-state index contributed by atoms with van der Waals surface area (Å²) >= 11 is 0. The standard InChI is InChI=1S/C16H32N2/c1-4-9-17-16(5-2)13(3)18-11-14-7-6-8-15(10-14)12-18/h13-17H,4-12H2,1-3H3. The van der Waals surface area contributed by atoms with Crippen molar-refractivity contribution in [3.05, 3.63) is 0 Å². The molecule has 2 bridgehead atoms. The number of hydrogen-bond acceptors (Lipinski definition) is 2. The number of nitrogens with zero attached hydrogens (tertiary/aromatic N) is 1. The third kappa shape index (κ3) is 3.48. The van der Waals surface area contributed by atoms with E-state index in [1.54, 1.807) is 0 Å². The average molecular weight is 252 g/mol. The molecule has 2 aliphatic rings. The molecule has 0 spiro atoms. The fourth-order valence-electron chi connectivity index (χ4n) is 4.04. The van der Waals surface area contributed by atoms with Crippen LogP contribution in [0.15, 0.2) is 0 Å². The van der Waals surface area contributed by atoms with Crippen LogP contribution in [0, 0.1) is 11.8 Å². The second-order valence-electron chi connectivity index (χ2n) is 6.56. The number of rotatable bonds is 6. The van der Waals surface area contributed by atoms with Crippen LogP contribution >= 0.6 is 0 Å². The minimum absolute atomic E-state index is 0.684. The zero-order valence-corrected chi connectivity index (χ0v) is 12.6. The normalized spacial score (nSPS) is 32.2. The molecule has 4 atom stereocenters. The number of nitrogens with one attached hydrogen (secondary N) is 1. The fraction of sp³-hybridized carbons (Fsp3) is 1.00. The number of piperidine rings is 1. The Balaban J connectivity index is 1.88. The van der Waals surface area contributed by atoms with E-state index in [1.165, 1.54) is 58.2 Å². The van der Waals surface area contributed by atoms with E-state index in [2.05, 4.69) is 31.0 Å². The summed E-state index contributed by atoms with van der Waals surface area (Å²) in [6.45, 7) is 10.9. The van der Waals surface area contributed by atoms with Gasteiger partial charge in [-0.1, -0.05) is 20.3 Å². The summed E-state index contributed by atoms with van der Waals surface area (Å²) in [5.74, 6) is 2.01. The molecule has 1 saturated heterocycles. The quantitative estimate of drug-likeness (QED) is 0.780. The van der Waals surface area contributed by atoms with Gasteiger partial charge in [-0.3, -0.25) is 4.90 Å². The minimum Gasteiger partial charge on any atom is -0.312 e. The average Bonchev–Trinajstić information content (AvgIpc) is 2.39. The second-order valence-corrected chi connectivity index (χ2v) is 6.56. The molecule has 2 rings (SSSR count). The summed E-state index contributed by atoms with van der Waals surface area (Å²) in [4.78, 5) is 2.79. The molecule has 4 unspecified atom stereocenters. The molecule has 1 N–H and O–H groups in total. The van der Waals surface area contributed by atoms with Crippen LogP contribution in [0.1, 0.15) is 59.3 Å². The van der Waals surface area contributed by atoms with Crippen molar-refractivity contribution in [3.8, 4) is 0 Å². The molecule has 1 saturated carbocycles. The maximum absolute atomic E-state index is 3.74. The lowest BCUT2D eigenvalue weighted by atomic mass is 9.77. The minimum atomic E-state index is 0.684. The highest BCUT2D eigenvalue weighted by atomic mass is 15.2. The van der Waals surface area contributed by atoms with Crippen LogP contribution < -0.4 is 5.32 Å². The number of hydrogen-bond donors (Lipinski definition) is 1. The molecule has 2 heteroatoms. The van der Waals surface area contributed by atoms with Crippen LogP contribution in [0.2, 0.25) is 0 Å². The third-order valence-corrected chi connectivity index (χ3v) is 5.13. The smallest absolute Gasteiger partial charge is 0.0221 e. The van der Waals surface area contributed by atoms with E-state index in [0.717, 1.165) is 11.8 Å². The van der Waals surface area contributed by atoms with Gasteiger partial charge in [-0.25, -0.2) is 0 Å². The van der Waals surface area contributed by atoms with Crippen molar-refractivity contribution in [1.82, 2.24) is 10.2 Å². The Bertz CT molecular complexity index is 229.